The second-order valence-electron chi connectivity index (χ2n) is 4.49. The Kier molecular flexibility index (Phi) is 9.15. The van der Waals surface area contributed by atoms with Crippen molar-refractivity contribution in [3.8, 4) is 0 Å². The van der Waals surface area contributed by atoms with Crippen LogP contribution in [-0.4, -0.2) is 44.9 Å². The van der Waals surface area contributed by atoms with Gasteiger partial charge in [0.2, 0.25) is 0 Å². The SMILES string of the molecule is CCCNS(=O)(=O)N(CCC)C1CCNCC1.Cl. The number of halogens is 1. The summed E-state index contributed by atoms with van der Waals surface area (Å²) >= 11 is 0. The molecule has 1 rings (SSSR count). The lowest BCUT2D eigenvalue weighted by Gasteiger charge is -2.33. The Balaban J connectivity index is 0.00000289. The zero-order chi connectivity index (χ0) is 12.7. The number of hydrogen-bond donors (Lipinski definition) is 2. The molecular formula is C11H26ClN3O2S. The maximum atomic E-state index is 12.2. The van der Waals surface area contributed by atoms with Crippen LogP contribution in [0.25, 0.3) is 0 Å². The lowest BCUT2D eigenvalue weighted by molar-refractivity contribution is 0.259. The molecule has 0 aliphatic carbocycles. The quantitative estimate of drug-likeness (QED) is 0.740. The van der Waals surface area contributed by atoms with E-state index in [9.17, 15) is 8.42 Å². The molecule has 0 atom stereocenters. The lowest BCUT2D eigenvalue weighted by Crippen LogP contribution is -2.50. The third kappa shape index (κ3) is 5.40. The molecular weight excluding hydrogens is 274 g/mol. The van der Waals surface area contributed by atoms with Gasteiger partial charge in [-0.1, -0.05) is 13.8 Å². The minimum atomic E-state index is -3.29. The van der Waals surface area contributed by atoms with Gasteiger partial charge in [0.1, 0.15) is 0 Å². The van der Waals surface area contributed by atoms with Gasteiger partial charge in [0.15, 0.2) is 0 Å². The van der Waals surface area contributed by atoms with Gasteiger partial charge >= 0.3 is 0 Å². The minimum Gasteiger partial charge on any atom is -0.317 e. The molecule has 110 valence electrons. The second kappa shape index (κ2) is 9.09. The summed E-state index contributed by atoms with van der Waals surface area (Å²) in [5, 5.41) is 3.26. The molecule has 1 aliphatic rings. The third-order valence-corrected chi connectivity index (χ3v) is 4.67. The molecule has 0 aromatic heterocycles. The number of hydrogen-bond acceptors (Lipinski definition) is 3. The normalized spacial score (nSPS) is 17.7. The van der Waals surface area contributed by atoms with E-state index in [0.29, 0.717) is 13.1 Å². The van der Waals surface area contributed by atoms with Gasteiger partial charge in [-0.25, -0.2) is 4.72 Å². The van der Waals surface area contributed by atoms with Crippen LogP contribution in [-0.2, 0) is 10.2 Å². The Morgan fingerprint density at radius 3 is 2.33 bits per heavy atom. The maximum absolute atomic E-state index is 12.2. The first-order valence-corrected chi connectivity index (χ1v) is 8.03. The highest BCUT2D eigenvalue weighted by atomic mass is 35.5. The highest BCUT2D eigenvalue weighted by Crippen LogP contribution is 2.15. The van der Waals surface area contributed by atoms with E-state index in [4.69, 9.17) is 0 Å². The van der Waals surface area contributed by atoms with Crippen LogP contribution in [0, 0.1) is 0 Å². The molecule has 2 N–H and O–H groups in total. The molecule has 0 bridgehead atoms. The Hall–Kier alpha value is 0.120. The fraction of sp³-hybridized carbons (Fsp3) is 1.00. The molecule has 0 aromatic carbocycles. The molecule has 0 saturated carbocycles. The molecule has 0 aromatic rings. The monoisotopic (exact) mass is 299 g/mol. The second-order valence-corrected chi connectivity index (χ2v) is 6.20. The Morgan fingerprint density at radius 1 is 1.22 bits per heavy atom. The molecule has 1 aliphatic heterocycles. The molecule has 0 radical (unpaired) electrons. The van der Waals surface area contributed by atoms with Crippen molar-refractivity contribution in [3.63, 3.8) is 0 Å². The van der Waals surface area contributed by atoms with Crippen molar-refractivity contribution in [2.75, 3.05) is 26.2 Å². The van der Waals surface area contributed by atoms with Crippen molar-refractivity contribution in [2.24, 2.45) is 0 Å². The maximum Gasteiger partial charge on any atom is 0.279 e. The smallest absolute Gasteiger partial charge is 0.279 e. The van der Waals surface area contributed by atoms with Gasteiger partial charge < -0.3 is 5.32 Å². The third-order valence-electron chi connectivity index (χ3n) is 3.00. The zero-order valence-electron chi connectivity index (χ0n) is 11.3. The van der Waals surface area contributed by atoms with Crippen LogP contribution in [0.4, 0.5) is 0 Å². The Morgan fingerprint density at radius 2 is 1.83 bits per heavy atom. The van der Waals surface area contributed by atoms with E-state index in [1.54, 1.807) is 4.31 Å². The van der Waals surface area contributed by atoms with Gasteiger partial charge in [0.05, 0.1) is 0 Å². The zero-order valence-corrected chi connectivity index (χ0v) is 12.9. The van der Waals surface area contributed by atoms with Gasteiger partial charge in [-0.05, 0) is 38.8 Å². The number of nitrogens with zero attached hydrogens (tertiary/aromatic N) is 1. The molecule has 1 fully saturated rings. The first-order chi connectivity index (χ1) is 8.11. The van der Waals surface area contributed by atoms with Gasteiger partial charge in [0.25, 0.3) is 10.2 Å². The highest BCUT2D eigenvalue weighted by Gasteiger charge is 2.29. The van der Waals surface area contributed by atoms with E-state index in [2.05, 4.69) is 10.0 Å². The van der Waals surface area contributed by atoms with Gasteiger partial charge in [-0.2, -0.15) is 12.7 Å². The van der Waals surface area contributed by atoms with Gasteiger partial charge in [-0.15, -0.1) is 12.4 Å². The van der Waals surface area contributed by atoms with Crippen LogP contribution < -0.4 is 10.0 Å². The van der Waals surface area contributed by atoms with E-state index in [1.165, 1.54) is 0 Å². The summed E-state index contributed by atoms with van der Waals surface area (Å²) in [7, 11) is -3.29. The predicted octanol–water partition coefficient (Wildman–Crippen LogP) is 1.12. The molecule has 7 heteroatoms. The molecule has 18 heavy (non-hydrogen) atoms. The van der Waals surface area contributed by atoms with Gasteiger partial charge in [0, 0.05) is 19.1 Å². The lowest BCUT2D eigenvalue weighted by atomic mass is 10.1. The summed E-state index contributed by atoms with van der Waals surface area (Å²) in [4.78, 5) is 0. The van der Waals surface area contributed by atoms with E-state index in [1.807, 2.05) is 13.8 Å². The predicted molar refractivity (Wildman–Crippen MR) is 77.4 cm³/mol. The fourth-order valence-corrected chi connectivity index (χ4v) is 3.78. The van der Waals surface area contributed by atoms with Crippen LogP contribution in [0.15, 0.2) is 0 Å². The molecule has 0 amide bonds. The average Bonchev–Trinajstić information content (AvgIpc) is 2.34. The van der Waals surface area contributed by atoms with Crippen molar-refractivity contribution in [3.05, 3.63) is 0 Å². The van der Waals surface area contributed by atoms with E-state index >= 15 is 0 Å². The molecule has 1 heterocycles. The first-order valence-electron chi connectivity index (χ1n) is 6.59. The van der Waals surface area contributed by atoms with Crippen molar-refractivity contribution in [2.45, 2.75) is 45.6 Å². The summed E-state index contributed by atoms with van der Waals surface area (Å²) in [6.45, 7) is 6.94. The van der Waals surface area contributed by atoms with Crippen molar-refractivity contribution in [1.82, 2.24) is 14.3 Å². The summed E-state index contributed by atoms with van der Waals surface area (Å²) in [5.41, 5.74) is 0. The Bertz CT molecular complexity index is 305. The molecule has 0 unspecified atom stereocenters. The van der Waals surface area contributed by atoms with E-state index in [-0.39, 0.29) is 18.4 Å². The van der Waals surface area contributed by atoms with Crippen molar-refractivity contribution < 1.29 is 8.42 Å². The van der Waals surface area contributed by atoms with Crippen LogP contribution in [0.1, 0.15) is 39.5 Å². The summed E-state index contributed by atoms with van der Waals surface area (Å²) in [6, 6.07) is 0.158. The minimum absolute atomic E-state index is 0. The van der Waals surface area contributed by atoms with Gasteiger partial charge in [-0.3, -0.25) is 0 Å². The largest absolute Gasteiger partial charge is 0.317 e. The molecule has 1 saturated heterocycles. The van der Waals surface area contributed by atoms with Crippen molar-refractivity contribution >= 4 is 22.6 Å². The van der Waals surface area contributed by atoms with Crippen LogP contribution in [0.3, 0.4) is 0 Å². The number of piperidine rings is 1. The van der Waals surface area contributed by atoms with Crippen LogP contribution in [0.5, 0.6) is 0 Å². The first kappa shape index (κ1) is 18.1. The summed E-state index contributed by atoms with van der Waals surface area (Å²) in [6.07, 6.45) is 3.50. The Labute approximate surface area is 117 Å². The number of rotatable bonds is 7. The number of nitrogens with one attached hydrogen (secondary N) is 2. The van der Waals surface area contributed by atoms with Crippen LogP contribution in [0.2, 0.25) is 0 Å². The highest BCUT2D eigenvalue weighted by molar-refractivity contribution is 7.87. The summed E-state index contributed by atoms with van der Waals surface area (Å²) in [5.74, 6) is 0. The molecule has 5 nitrogen and oxygen atoms in total. The standard InChI is InChI=1S/C11H25N3O2S.ClH/c1-3-7-13-17(15,16)14(10-4-2)11-5-8-12-9-6-11;/h11-13H,3-10H2,1-2H3;1H. The van der Waals surface area contributed by atoms with Crippen molar-refractivity contribution in [1.29, 1.82) is 0 Å². The fourth-order valence-electron chi connectivity index (χ4n) is 2.13. The van der Waals surface area contributed by atoms with Crippen LogP contribution >= 0.6 is 12.4 Å². The van der Waals surface area contributed by atoms with E-state index in [0.717, 1.165) is 38.8 Å². The molecule has 0 spiro atoms. The average molecular weight is 300 g/mol. The topological polar surface area (TPSA) is 61.4 Å². The van der Waals surface area contributed by atoms with E-state index < -0.39 is 10.2 Å². The summed E-state index contributed by atoms with van der Waals surface area (Å²) < 4.78 is 28.7.